The van der Waals surface area contributed by atoms with Gasteiger partial charge in [-0.3, -0.25) is 9.13 Å². The summed E-state index contributed by atoms with van der Waals surface area (Å²) in [6.07, 6.45) is 0. The molecule has 2 aromatic heterocycles. The molecular weight excluding hydrogens is 969 g/mol. The molecule has 0 unspecified atom stereocenters. The number of hydrogen-bond donors (Lipinski definition) is 0. The van der Waals surface area contributed by atoms with Crippen LogP contribution in [0.15, 0.2) is 303 Å². The highest BCUT2D eigenvalue weighted by Gasteiger charge is 2.21. The fourth-order valence-corrected chi connectivity index (χ4v) is 11.9. The Morgan fingerprint density at radius 2 is 0.475 bits per heavy atom. The second kappa shape index (κ2) is 19.7. The lowest BCUT2D eigenvalue weighted by Crippen LogP contribution is -1.98. The molecule has 0 aliphatic carbocycles. The van der Waals surface area contributed by atoms with Gasteiger partial charge in [0.2, 0.25) is 0 Å². The molecule has 0 radical (unpaired) electrons. The van der Waals surface area contributed by atoms with E-state index in [0.717, 1.165) is 89.6 Å². The van der Waals surface area contributed by atoms with E-state index in [4.69, 9.17) is 9.97 Å². The molecule has 0 aliphatic heterocycles. The first-order chi connectivity index (χ1) is 39.7. The maximum Gasteiger partial charge on any atom is 0.145 e. The molecule has 0 aliphatic rings. The van der Waals surface area contributed by atoms with E-state index in [1.807, 2.05) is 0 Å². The van der Waals surface area contributed by atoms with E-state index in [1.54, 1.807) is 0 Å². The van der Waals surface area contributed by atoms with E-state index in [9.17, 15) is 0 Å². The summed E-state index contributed by atoms with van der Waals surface area (Å²) in [5.41, 5.74) is 22.3. The third-order valence-corrected chi connectivity index (χ3v) is 15.7. The van der Waals surface area contributed by atoms with E-state index >= 15 is 0 Å². The Labute approximate surface area is 464 Å². The highest BCUT2D eigenvalue weighted by atomic mass is 15.1. The summed E-state index contributed by atoms with van der Waals surface area (Å²) in [7, 11) is 0. The Hall–Kier alpha value is -10.7. The topological polar surface area (TPSA) is 35.6 Å². The Morgan fingerprint density at radius 1 is 0.200 bits per heavy atom. The van der Waals surface area contributed by atoms with Crippen LogP contribution in [-0.4, -0.2) is 19.1 Å². The summed E-state index contributed by atoms with van der Waals surface area (Å²) < 4.78 is 4.61. The van der Waals surface area contributed by atoms with Crippen LogP contribution in [0.3, 0.4) is 0 Å². The number of hydrogen-bond acceptors (Lipinski definition) is 2. The second-order valence-electron chi connectivity index (χ2n) is 20.5. The standard InChI is InChI=1S/C76H50N4/c1-7-19-51(20-8-1)61-37-45-69-71(49-61)79(75(77-69)57-27-15-5-16-28-57)63-39-31-53(32-40-63)59-35-43-65-67(47-59)73(55-23-11-3-12-24-55)66-44-36-60(48-68(66)74(65)56-25-13-4-14-26-56)54-33-41-64(42-34-54)80-72-50-62(52-21-9-2-10-22-52)38-46-70(72)78-76(80)58-29-17-6-18-30-58/h1-50H. The minimum Gasteiger partial charge on any atom is -0.292 e. The quantitative estimate of drug-likeness (QED) is 0.128. The molecule has 4 heteroatoms. The zero-order chi connectivity index (χ0) is 52.9. The summed E-state index contributed by atoms with van der Waals surface area (Å²) in [5.74, 6) is 1.83. The van der Waals surface area contributed by atoms with Crippen molar-refractivity contribution in [3.63, 3.8) is 0 Å². The predicted octanol–water partition coefficient (Wildman–Crippen LogP) is 20.0. The van der Waals surface area contributed by atoms with Crippen molar-refractivity contribution in [2.24, 2.45) is 0 Å². The third-order valence-electron chi connectivity index (χ3n) is 15.7. The molecule has 2 heterocycles. The first-order valence-corrected chi connectivity index (χ1v) is 27.3. The first-order valence-electron chi connectivity index (χ1n) is 27.3. The fraction of sp³-hybridized carbons (Fsp3) is 0. The molecule has 0 N–H and O–H groups in total. The van der Waals surface area contributed by atoms with Gasteiger partial charge in [-0.1, -0.05) is 243 Å². The summed E-state index contributed by atoms with van der Waals surface area (Å²) >= 11 is 0. The average Bonchev–Trinajstić information content (AvgIpc) is 4.25. The number of nitrogens with zero attached hydrogens (tertiary/aromatic N) is 4. The highest BCUT2D eigenvalue weighted by Crippen LogP contribution is 2.46. The van der Waals surface area contributed by atoms with Crippen molar-refractivity contribution < 1.29 is 0 Å². The van der Waals surface area contributed by atoms with Gasteiger partial charge in [-0.25, -0.2) is 9.97 Å². The molecule has 0 bridgehead atoms. The van der Waals surface area contributed by atoms with Crippen LogP contribution in [-0.2, 0) is 0 Å². The fourth-order valence-electron chi connectivity index (χ4n) is 11.9. The van der Waals surface area contributed by atoms with Gasteiger partial charge in [-0.2, -0.15) is 0 Å². The number of benzene rings is 13. The Morgan fingerprint density at radius 3 is 0.825 bits per heavy atom. The molecule has 0 spiro atoms. The van der Waals surface area contributed by atoms with Crippen molar-refractivity contribution in [1.29, 1.82) is 0 Å². The smallest absolute Gasteiger partial charge is 0.145 e. The van der Waals surface area contributed by atoms with Gasteiger partial charge in [-0.15, -0.1) is 0 Å². The van der Waals surface area contributed by atoms with Gasteiger partial charge in [-0.05, 0) is 149 Å². The summed E-state index contributed by atoms with van der Waals surface area (Å²) in [5, 5.41) is 4.83. The predicted molar refractivity (Wildman–Crippen MR) is 334 cm³/mol. The van der Waals surface area contributed by atoms with Gasteiger partial charge in [0.25, 0.3) is 0 Å². The molecule has 0 fully saturated rings. The van der Waals surface area contributed by atoms with Crippen molar-refractivity contribution in [3.05, 3.63) is 303 Å². The molecule has 0 amide bonds. The van der Waals surface area contributed by atoms with Gasteiger partial charge in [0, 0.05) is 22.5 Å². The molecule has 0 saturated carbocycles. The van der Waals surface area contributed by atoms with Crippen LogP contribution in [0.25, 0.3) is 145 Å². The monoisotopic (exact) mass is 1020 g/mol. The number of fused-ring (bicyclic) bond motifs is 4. The van der Waals surface area contributed by atoms with Crippen molar-refractivity contribution in [3.8, 4) is 101 Å². The number of rotatable bonds is 10. The highest BCUT2D eigenvalue weighted by molar-refractivity contribution is 6.22. The normalized spacial score (nSPS) is 11.5. The van der Waals surface area contributed by atoms with Crippen LogP contribution < -0.4 is 0 Å². The molecule has 13 aromatic carbocycles. The van der Waals surface area contributed by atoms with Crippen LogP contribution in [0, 0.1) is 0 Å². The maximum atomic E-state index is 5.23. The van der Waals surface area contributed by atoms with E-state index in [1.165, 1.54) is 54.9 Å². The van der Waals surface area contributed by atoms with Crippen molar-refractivity contribution in [2.45, 2.75) is 0 Å². The summed E-state index contributed by atoms with van der Waals surface area (Å²) in [4.78, 5) is 10.5. The lowest BCUT2D eigenvalue weighted by atomic mass is 9.84. The number of imidazole rings is 2. The maximum absolute atomic E-state index is 5.23. The van der Waals surface area contributed by atoms with Gasteiger partial charge in [0.15, 0.2) is 0 Å². The average molecular weight is 1020 g/mol. The molecule has 0 saturated heterocycles. The molecule has 15 rings (SSSR count). The number of aromatic nitrogens is 4. The van der Waals surface area contributed by atoms with Crippen LogP contribution in [0.2, 0.25) is 0 Å². The van der Waals surface area contributed by atoms with Crippen molar-refractivity contribution >= 4 is 43.6 Å². The Bertz CT molecular complexity index is 4430. The summed E-state index contributed by atoms with van der Waals surface area (Å²) in [6, 6.07) is 109. The van der Waals surface area contributed by atoms with E-state index in [2.05, 4.69) is 312 Å². The van der Waals surface area contributed by atoms with Gasteiger partial charge >= 0.3 is 0 Å². The summed E-state index contributed by atoms with van der Waals surface area (Å²) in [6.45, 7) is 0. The minimum atomic E-state index is 0.913. The van der Waals surface area contributed by atoms with Crippen LogP contribution >= 0.6 is 0 Å². The SMILES string of the molecule is c1ccc(-c2ccc3nc(-c4ccccc4)n(-c4ccc(-c5ccc6c(-c7ccccc7)c7cc(-c8ccc(-n9c(-c%10ccccc%10)nc%10ccc(-c%11ccccc%11)cc%109)cc8)ccc7c(-c7ccccc7)c6c5)cc4)c3c2)cc1. The van der Waals surface area contributed by atoms with Crippen molar-refractivity contribution in [2.75, 3.05) is 0 Å². The van der Waals surface area contributed by atoms with E-state index in [-0.39, 0.29) is 0 Å². The Balaban J connectivity index is 0.858. The zero-order valence-corrected chi connectivity index (χ0v) is 43.7. The van der Waals surface area contributed by atoms with E-state index in [0.29, 0.717) is 0 Å². The largest absolute Gasteiger partial charge is 0.292 e. The van der Waals surface area contributed by atoms with Gasteiger partial charge < -0.3 is 0 Å². The van der Waals surface area contributed by atoms with Crippen LogP contribution in [0.4, 0.5) is 0 Å². The second-order valence-corrected chi connectivity index (χ2v) is 20.5. The van der Waals surface area contributed by atoms with Crippen molar-refractivity contribution in [1.82, 2.24) is 19.1 Å². The minimum absolute atomic E-state index is 0.913. The van der Waals surface area contributed by atoms with Gasteiger partial charge in [0.05, 0.1) is 22.1 Å². The van der Waals surface area contributed by atoms with E-state index < -0.39 is 0 Å². The third kappa shape index (κ3) is 8.26. The first kappa shape index (κ1) is 46.6. The molecule has 15 aromatic rings. The molecule has 0 atom stereocenters. The lowest BCUT2D eigenvalue weighted by molar-refractivity contribution is 1.10. The Kier molecular flexibility index (Phi) is 11.5. The molecule has 374 valence electrons. The van der Waals surface area contributed by atoms with Crippen LogP contribution in [0.5, 0.6) is 0 Å². The molecule has 4 nitrogen and oxygen atoms in total. The van der Waals surface area contributed by atoms with Gasteiger partial charge in [0.1, 0.15) is 11.6 Å². The zero-order valence-electron chi connectivity index (χ0n) is 43.7. The molecular formula is C76H50N4. The lowest BCUT2D eigenvalue weighted by Gasteiger charge is -2.20. The van der Waals surface area contributed by atoms with Crippen LogP contribution in [0.1, 0.15) is 0 Å². The molecule has 80 heavy (non-hydrogen) atoms.